The highest BCUT2D eigenvalue weighted by atomic mass is 35.5. The third-order valence-electron chi connectivity index (χ3n) is 6.08. The molecule has 1 aliphatic heterocycles. The van der Waals surface area contributed by atoms with Crippen molar-refractivity contribution in [2.75, 3.05) is 38.5 Å². The van der Waals surface area contributed by atoms with Crippen molar-refractivity contribution in [1.82, 2.24) is 19.6 Å². The molecule has 5 rings (SSSR count). The highest BCUT2D eigenvalue weighted by molar-refractivity contribution is 7.10. The molecule has 0 radical (unpaired) electrons. The van der Waals surface area contributed by atoms with Crippen LogP contribution < -0.4 is 5.32 Å². The Morgan fingerprint density at radius 3 is 2.62 bits per heavy atom. The summed E-state index contributed by atoms with van der Waals surface area (Å²) in [5.41, 5.74) is 4.87. The molecule has 7 nitrogen and oxygen atoms in total. The Morgan fingerprint density at radius 1 is 1.12 bits per heavy atom. The van der Waals surface area contributed by atoms with E-state index in [1.807, 2.05) is 15.6 Å². The van der Waals surface area contributed by atoms with Crippen molar-refractivity contribution in [3.8, 4) is 16.9 Å². The summed E-state index contributed by atoms with van der Waals surface area (Å²) in [5.74, 6) is -0.175. The van der Waals surface area contributed by atoms with Gasteiger partial charge in [-0.3, -0.25) is 9.59 Å². The minimum atomic E-state index is -0.159. The maximum atomic E-state index is 13.5. The first kappa shape index (κ1) is 21.2. The molecule has 2 aromatic heterocycles. The van der Waals surface area contributed by atoms with Gasteiger partial charge in [0.15, 0.2) is 5.69 Å². The van der Waals surface area contributed by atoms with Gasteiger partial charge in [0.1, 0.15) is 0 Å². The lowest BCUT2D eigenvalue weighted by Gasteiger charge is -2.32. The quantitative estimate of drug-likeness (QED) is 0.635. The van der Waals surface area contributed by atoms with Gasteiger partial charge in [0.05, 0.1) is 16.4 Å². The van der Waals surface area contributed by atoms with E-state index >= 15 is 0 Å². The number of thiophene rings is 1. The molecular formula is C23H24ClN5O2S. The van der Waals surface area contributed by atoms with E-state index in [0.29, 0.717) is 35.2 Å². The van der Waals surface area contributed by atoms with E-state index in [9.17, 15) is 9.59 Å². The zero-order valence-electron chi connectivity index (χ0n) is 18.0. The summed E-state index contributed by atoms with van der Waals surface area (Å²) in [6.07, 6.45) is 1.68. The highest BCUT2D eigenvalue weighted by Crippen LogP contribution is 2.41. The summed E-state index contributed by atoms with van der Waals surface area (Å²) in [7, 11) is 2.07. The number of hydrogen-bond acceptors (Lipinski definition) is 5. The monoisotopic (exact) mass is 469 g/mol. The maximum absolute atomic E-state index is 13.5. The van der Waals surface area contributed by atoms with Gasteiger partial charge in [-0.25, -0.2) is 4.68 Å². The van der Waals surface area contributed by atoms with Crippen LogP contribution in [-0.4, -0.2) is 64.6 Å². The molecule has 2 aliphatic rings. The van der Waals surface area contributed by atoms with E-state index in [4.69, 9.17) is 16.7 Å². The molecule has 0 saturated carbocycles. The predicted molar refractivity (Wildman–Crippen MR) is 127 cm³/mol. The van der Waals surface area contributed by atoms with Crippen molar-refractivity contribution in [1.29, 1.82) is 0 Å². The van der Waals surface area contributed by atoms with Gasteiger partial charge in [-0.1, -0.05) is 11.6 Å². The Labute approximate surface area is 195 Å². The molecule has 1 fully saturated rings. The Balaban J connectivity index is 1.61. The van der Waals surface area contributed by atoms with Crippen LogP contribution in [0.25, 0.3) is 16.9 Å². The average molecular weight is 470 g/mol. The number of nitrogens with zero attached hydrogens (tertiary/aromatic N) is 4. The number of likely N-dealkylation sites (N-methyl/N-ethyl adjacent to an activating group) is 1. The minimum Gasteiger partial charge on any atom is -0.335 e. The number of fused-ring (bicyclic) bond motifs is 3. The fourth-order valence-electron chi connectivity index (χ4n) is 4.41. The van der Waals surface area contributed by atoms with Crippen LogP contribution in [0, 0.1) is 0 Å². The lowest BCUT2D eigenvalue weighted by molar-refractivity contribution is -0.114. The largest absolute Gasteiger partial charge is 0.335 e. The number of carbonyl (C=O) groups is 2. The van der Waals surface area contributed by atoms with Crippen molar-refractivity contribution >= 4 is 40.4 Å². The summed E-state index contributed by atoms with van der Waals surface area (Å²) in [6.45, 7) is 4.58. The molecule has 1 aromatic carbocycles. The first-order chi connectivity index (χ1) is 15.4. The van der Waals surface area contributed by atoms with Gasteiger partial charge in [0.25, 0.3) is 5.91 Å². The van der Waals surface area contributed by atoms with Crippen LogP contribution in [0.3, 0.4) is 0 Å². The van der Waals surface area contributed by atoms with E-state index < -0.39 is 0 Å². The second kappa shape index (κ2) is 8.35. The minimum absolute atomic E-state index is 0.0160. The van der Waals surface area contributed by atoms with Crippen LogP contribution in [0.2, 0.25) is 5.02 Å². The summed E-state index contributed by atoms with van der Waals surface area (Å²) in [4.78, 5) is 30.3. The normalized spacial score (nSPS) is 15.9. The number of rotatable bonds is 3. The first-order valence-corrected chi connectivity index (χ1v) is 11.9. The van der Waals surface area contributed by atoms with Crippen LogP contribution in [0.15, 0.2) is 29.6 Å². The molecule has 2 amide bonds. The van der Waals surface area contributed by atoms with Gasteiger partial charge in [0.2, 0.25) is 5.91 Å². The van der Waals surface area contributed by atoms with E-state index in [0.717, 1.165) is 42.8 Å². The third-order valence-corrected chi connectivity index (χ3v) is 7.36. The lowest BCUT2D eigenvalue weighted by Crippen LogP contribution is -2.47. The number of carbonyl (C=O) groups excluding carboxylic acids is 2. The molecule has 0 spiro atoms. The predicted octanol–water partition coefficient (Wildman–Crippen LogP) is 3.70. The fraction of sp³-hybridized carbons (Fsp3) is 0.348. The Morgan fingerprint density at radius 2 is 1.91 bits per heavy atom. The van der Waals surface area contributed by atoms with Crippen LogP contribution in [-0.2, 0) is 17.6 Å². The molecule has 0 unspecified atom stereocenters. The number of aryl methyl sites for hydroxylation is 1. The Bertz CT molecular complexity index is 1210. The lowest BCUT2D eigenvalue weighted by atomic mass is 9.94. The number of anilines is 1. The van der Waals surface area contributed by atoms with Crippen molar-refractivity contribution in [2.24, 2.45) is 0 Å². The summed E-state index contributed by atoms with van der Waals surface area (Å²) in [5, 5.41) is 10.1. The molecule has 1 aliphatic carbocycles. The van der Waals surface area contributed by atoms with Crippen molar-refractivity contribution in [3.63, 3.8) is 0 Å². The van der Waals surface area contributed by atoms with Crippen molar-refractivity contribution in [3.05, 3.63) is 50.8 Å². The molecule has 0 bridgehead atoms. The van der Waals surface area contributed by atoms with Gasteiger partial charge in [-0.05, 0) is 49.5 Å². The second-order valence-corrected chi connectivity index (χ2v) is 9.70. The number of aromatic nitrogens is 2. The number of piperazine rings is 1. The number of amides is 2. The molecular weight excluding hydrogens is 446 g/mol. The molecule has 3 heterocycles. The molecule has 9 heteroatoms. The topological polar surface area (TPSA) is 70.5 Å². The van der Waals surface area contributed by atoms with Crippen LogP contribution >= 0.6 is 22.9 Å². The van der Waals surface area contributed by atoms with E-state index in [-0.39, 0.29) is 11.8 Å². The third kappa shape index (κ3) is 3.72. The molecule has 1 N–H and O–H groups in total. The summed E-state index contributed by atoms with van der Waals surface area (Å²) in [6, 6.07) is 7.45. The molecule has 32 heavy (non-hydrogen) atoms. The van der Waals surface area contributed by atoms with Gasteiger partial charge in [-0.15, -0.1) is 11.3 Å². The smallest absolute Gasteiger partial charge is 0.274 e. The molecule has 0 atom stereocenters. The first-order valence-electron chi connectivity index (χ1n) is 10.7. The van der Waals surface area contributed by atoms with Gasteiger partial charge in [0, 0.05) is 54.8 Å². The van der Waals surface area contributed by atoms with E-state index in [2.05, 4.69) is 28.7 Å². The zero-order chi connectivity index (χ0) is 22.4. The van der Waals surface area contributed by atoms with Gasteiger partial charge in [-0.2, -0.15) is 5.10 Å². The van der Waals surface area contributed by atoms with Crippen LogP contribution in [0.1, 0.15) is 27.9 Å². The van der Waals surface area contributed by atoms with Gasteiger partial charge < -0.3 is 15.1 Å². The second-order valence-electron chi connectivity index (χ2n) is 8.29. The Hall–Kier alpha value is -2.68. The average Bonchev–Trinajstić information content (AvgIpc) is 3.38. The van der Waals surface area contributed by atoms with Crippen molar-refractivity contribution in [2.45, 2.75) is 19.8 Å². The molecule has 3 aromatic rings. The Kier molecular flexibility index (Phi) is 5.53. The van der Waals surface area contributed by atoms with Crippen LogP contribution in [0.4, 0.5) is 5.69 Å². The summed E-state index contributed by atoms with van der Waals surface area (Å²) < 4.78 is 1.81. The van der Waals surface area contributed by atoms with Crippen LogP contribution in [0.5, 0.6) is 0 Å². The van der Waals surface area contributed by atoms with E-state index in [1.165, 1.54) is 11.8 Å². The SMILES string of the molecule is CC(=O)Nc1ccc(-n2nc(C(=O)N3CCN(C)CC3)c3c2-c2ccsc2CC3)c(Cl)c1. The van der Waals surface area contributed by atoms with E-state index in [1.54, 1.807) is 23.5 Å². The zero-order valence-corrected chi connectivity index (χ0v) is 19.6. The number of benzene rings is 1. The van der Waals surface area contributed by atoms with Crippen molar-refractivity contribution < 1.29 is 9.59 Å². The van der Waals surface area contributed by atoms with Gasteiger partial charge >= 0.3 is 0 Å². The maximum Gasteiger partial charge on any atom is 0.274 e. The standard InChI is InChI=1S/C23H24ClN5O2S/c1-14(30)25-15-3-5-19(18(24)13-15)29-22-16-7-12-32-20(16)6-4-17(22)21(26-29)23(31)28-10-8-27(2)9-11-28/h3,5,7,12-13H,4,6,8-11H2,1-2H3,(H,25,30). The number of hydrogen-bond donors (Lipinski definition) is 1. The molecule has 1 saturated heterocycles. The number of nitrogens with one attached hydrogen (secondary N) is 1. The summed E-state index contributed by atoms with van der Waals surface area (Å²) >= 11 is 8.36. The fourth-order valence-corrected chi connectivity index (χ4v) is 5.55. The molecule has 166 valence electrons. The highest BCUT2D eigenvalue weighted by Gasteiger charge is 2.32. The number of halogens is 1.